The van der Waals surface area contributed by atoms with E-state index in [1.807, 2.05) is 0 Å². The van der Waals surface area contributed by atoms with E-state index in [0.717, 1.165) is 30.1 Å². The second kappa shape index (κ2) is 8.69. The molecule has 4 nitrogen and oxygen atoms in total. The number of hydrogen-bond donors (Lipinski definition) is 1. The molecular formula is C12H21NO3S2. The van der Waals surface area contributed by atoms with Gasteiger partial charge in [-0.1, -0.05) is 13.3 Å². The number of carbonyl (C=O) groups excluding carboxylic acids is 1. The van der Waals surface area contributed by atoms with E-state index in [9.17, 15) is 9.59 Å². The smallest absolute Gasteiger partial charge is 0.305 e. The lowest BCUT2D eigenvalue weighted by Crippen LogP contribution is -2.47. The molecule has 0 bridgehead atoms. The molecule has 1 amide bonds. The van der Waals surface area contributed by atoms with Crippen molar-refractivity contribution in [3.63, 3.8) is 0 Å². The van der Waals surface area contributed by atoms with Gasteiger partial charge in [0.2, 0.25) is 5.91 Å². The van der Waals surface area contributed by atoms with Crippen LogP contribution in [-0.2, 0) is 9.59 Å². The molecule has 0 aromatic rings. The minimum absolute atomic E-state index is 0.0678. The van der Waals surface area contributed by atoms with Gasteiger partial charge in [0, 0.05) is 18.1 Å². The maximum Gasteiger partial charge on any atom is 0.305 e. The first kappa shape index (κ1) is 15.7. The van der Waals surface area contributed by atoms with Crippen LogP contribution in [0.3, 0.4) is 0 Å². The van der Waals surface area contributed by atoms with Crippen LogP contribution in [0.1, 0.15) is 26.2 Å². The second-order valence-electron chi connectivity index (χ2n) is 4.32. The molecule has 1 rings (SSSR count). The van der Waals surface area contributed by atoms with Crippen LogP contribution in [0.2, 0.25) is 0 Å². The Labute approximate surface area is 117 Å². The number of carbonyl (C=O) groups is 2. The van der Waals surface area contributed by atoms with Crippen molar-refractivity contribution in [1.29, 1.82) is 0 Å². The Morgan fingerprint density at radius 1 is 1.50 bits per heavy atom. The van der Waals surface area contributed by atoms with E-state index in [2.05, 4.69) is 6.92 Å². The van der Waals surface area contributed by atoms with Crippen LogP contribution in [0.15, 0.2) is 0 Å². The molecule has 0 radical (unpaired) electrons. The van der Waals surface area contributed by atoms with E-state index >= 15 is 0 Å². The summed E-state index contributed by atoms with van der Waals surface area (Å²) in [4.78, 5) is 24.6. The Balaban J connectivity index is 2.39. The van der Waals surface area contributed by atoms with Crippen LogP contribution in [0.4, 0.5) is 0 Å². The third-order valence-corrected chi connectivity index (χ3v) is 4.95. The predicted octanol–water partition coefficient (Wildman–Crippen LogP) is 1.94. The number of amides is 1. The number of carboxylic acid groups (broad SMARTS) is 1. The van der Waals surface area contributed by atoms with Crippen molar-refractivity contribution in [2.24, 2.45) is 0 Å². The average molecular weight is 291 g/mol. The molecule has 104 valence electrons. The van der Waals surface area contributed by atoms with Crippen LogP contribution in [-0.4, -0.2) is 57.5 Å². The molecule has 1 saturated heterocycles. The lowest BCUT2D eigenvalue weighted by molar-refractivity contribution is -0.139. The number of thioether (sulfide) groups is 2. The van der Waals surface area contributed by atoms with Crippen molar-refractivity contribution in [2.75, 3.05) is 29.6 Å². The monoisotopic (exact) mass is 291 g/mol. The SMILES string of the molecule is CCCCSCC(=O)N1CCSCC1CC(=O)O. The molecule has 18 heavy (non-hydrogen) atoms. The first-order chi connectivity index (χ1) is 8.65. The molecule has 1 atom stereocenters. The van der Waals surface area contributed by atoms with Gasteiger partial charge in [0.25, 0.3) is 0 Å². The summed E-state index contributed by atoms with van der Waals surface area (Å²) in [6, 6.07) is -0.125. The van der Waals surface area contributed by atoms with Crippen LogP contribution >= 0.6 is 23.5 Å². The van der Waals surface area contributed by atoms with Crippen molar-refractivity contribution in [1.82, 2.24) is 4.90 Å². The summed E-state index contributed by atoms with van der Waals surface area (Å²) in [5.74, 6) is 2.44. The Kier molecular flexibility index (Phi) is 7.58. The molecule has 1 N–H and O–H groups in total. The fourth-order valence-corrected chi connectivity index (χ4v) is 3.88. The molecule has 0 aromatic carbocycles. The van der Waals surface area contributed by atoms with Crippen LogP contribution in [0.25, 0.3) is 0 Å². The van der Waals surface area contributed by atoms with Crippen LogP contribution < -0.4 is 0 Å². The third-order valence-electron chi connectivity index (χ3n) is 2.83. The summed E-state index contributed by atoms with van der Waals surface area (Å²) < 4.78 is 0. The van der Waals surface area contributed by atoms with Gasteiger partial charge in [0.15, 0.2) is 0 Å². The van der Waals surface area contributed by atoms with Crippen molar-refractivity contribution in [3.05, 3.63) is 0 Å². The highest BCUT2D eigenvalue weighted by molar-refractivity contribution is 8.00. The van der Waals surface area contributed by atoms with Gasteiger partial charge >= 0.3 is 5.97 Å². The maximum atomic E-state index is 12.1. The topological polar surface area (TPSA) is 57.6 Å². The molecular weight excluding hydrogens is 270 g/mol. The lowest BCUT2D eigenvalue weighted by atomic mass is 10.2. The zero-order valence-electron chi connectivity index (χ0n) is 10.8. The van der Waals surface area contributed by atoms with Gasteiger partial charge in [-0.3, -0.25) is 9.59 Å². The quantitative estimate of drug-likeness (QED) is 0.726. The highest BCUT2D eigenvalue weighted by Gasteiger charge is 2.28. The molecule has 0 aromatic heterocycles. The van der Waals surface area contributed by atoms with Crippen molar-refractivity contribution in [3.8, 4) is 0 Å². The van der Waals surface area contributed by atoms with E-state index in [4.69, 9.17) is 5.11 Å². The van der Waals surface area contributed by atoms with E-state index in [1.54, 1.807) is 28.4 Å². The maximum absolute atomic E-state index is 12.1. The van der Waals surface area contributed by atoms with Gasteiger partial charge in [-0.25, -0.2) is 0 Å². The third kappa shape index (κ3) is 5.52. The normalized spacial score (nSPS) is 19.8. The number of rotatable bonds is 7. The zero-order valence-corrected chi connectivity index (χ0v) is 12.4. The molecule has 6 heteroatoms. The molecule has 1 heterocycles. The Hall–Kier alpha value is -0.360. The number of nitrogens with zero attached hydrogens (tertiary/aromatic N) is 1. The van der Waals surface area contributed by atoms with Crippen LogP contribution in [0, 0.1) is 0 Å². The van der Waals surface area contributed by atoms with E-state index < -0.39 is 5.97 Å². The summed E-state index contributed by atoms with van der Waals surface area (Å²) in [7, 11) is 0. The largest absolute Gasteiger partial charge is 0.481 e. The standard InChI is InChI=1S/C12H21NO3S2/c1-2-3-5-17-9-11(14)13-4-6-18-8-10(13)7-12(15)16/h10H,2-9H2,1H3,(H,15,16). The summed E-state index contributed by atoms with van der Waals surface area (Å²) in [6.45, 7) is 2.82. The average Bonchev–Trinajstić information content (AvgIpc) is 2.34. The van der Waals surface area contributed by atoms with Gasteiger partial charge in [-0.05, 0) is 12.2 Å². The second-order valence-corrected chi connectivity index (χ2v) is 6.57. The highest BCUT2D eigenvalue weighted by atomic mass is 32.2. The van der Waals surface area contributed by atoms with Crippen molar-refractivity contribution in [2.45, 2.75) is 32.2 Å². The number of aliphatic carboxylic acids is 1. The Morgan fingerprint density at radius 3 is 2.94 bits per heavy atom. The van der Waals surface area contributed by atoms with Crippen molar-refractivity contribution < 1.29 is 14.7 Å². The molecule has 0 saturated carbocycles. The summed E-state index contributed by atoms with van der Waals surface area (Å²) >= 11 is 3.39. The van der Waals surface area contributed by atoms with Gasteiger partial charge < -0.3 is 10.0 Å². The first-order valence-electron chi connectivity index (χ1n) is 6.32. The fourth-order valence-electron chi connectivity index (χ4n) is 1.84. The molecule has 0 aliphatic carbocycles. The van der Waals surface area contributed by atoms with Gasteiger partial charge in [0.1, 0.15) is 0 Å². The van der Waals surface area contributed by atoms with Gasteiger partial charge in [-0.15, -0.1) is 0 Å². The summed E-state index contributed by atoms with van der Waals surface area (Å²) in [5, 5.41) is 8.86. The summed E-state index contributed by atoms with van der Waals surface area (Å²) in [6.07, 6.45) is 2.34. The van der Waals surface area contributed by atoms with Gasteiger partial charge in [0.05, 0.1) is 18.2 Å². The van der Waals surface area contributed by atoms with E-state index in [0.29, 0.717) is 12.3 Å². The fraction of sp³-hybridized carbons (Fsp3) is 0.833. The highest BCUT2D eigenvalue weighted by Crippen LogP contribution is 2.20. The van der Waals surface area contributed by atoms with Gasteiger partial charge in [-0.2, -0.15) is 23.5 Å². The number of unbranched alkanes of at least 4 members (excludes halogenated alkanes) is 1. The summed E-state index contributed by atoms with van der Waals surface area (Å²) in [5.41, 5.74) is 0. The van der Waals surface area contributed by atoms with E-state index in [-0.39, 0.29) is 18.4 Å². The molecule has 1 aliphatic heterocycles. The first-order valence-corrected chi connectivity index (χ1v) is 8.62. The Bertz CT molecular complexity index is 286. The molecule has 1 aliphatic rings. The van der Waals surface area contributed by atoms with Crippen molar-refractivity contribution >= 4 is 35.4 Å². The molecule has 1 fully saturated rings. The zero-order chi connectivity index (χ0) is 13.4. The molecule has 1 unspecified atom stereocenters. The minimum atomic E-state index is -0.820. The minimum Gasteiger partial charge on any atom is -0.481 e. The lowest BCUT2D eigenvalue weighted by Gasteiger charge is -2.34. The Morgan fingerprint density at radius 2 is 2.28 bits per heavy atom. The number of hydrogen-bond acceptors (Lipinski definition) is 4. The van der Waals surface area contributed by atoms with Crippen LogP contribution in [0.5, 0.6) is 0 Å². The predicted molar refractivity (Wildman–Crippen MR) is 77.3 cm³/mol. The molecule has 0 spiro atoms. The number of carboxylic acids is 1. The van der Waals surface area contributed by atoms with E-state index in [1.165, 1.54) is 0 Å².